The number of halogens is 1. The minimum absolute atomic E-state index is 0.0983. The fourth-order valence-corrected chi connectivity index (χ4v) is 1.51. The number of nitrogens with two attached hydrogens (primary N) is 1. The molecule has 0 spiro atoms. The highest BCUT2D eigenvalue weighted by Crippen LogP contribution is 2.11. The molecular formula is C12H16ClN. The first-order valence-corrected chi connectivity index (χ1v) is 5.11. The van der Waals surface area contributed by atoms with Crippen molar-refractivity contribution in [3.63, 3.8) is 0 Å². The van der Waals surface area contributed by atoms with Crippen molar-refractivity contribution in [2.75, 3.05) is 0 Å². The van der Waals surface area contributed by atoms with Gasteiger partial charge in [-0.05, 0) is 38.0 Å². The molecule has 2 heteroatoms. The Labute approximate surface area is 90.6 Å². The van der Waals surface area contributed by atoms with Crippen molar-refractivity contribution >= 4 is 11.6 Å². The van der Waals surface area contributed by atoms with Gasteiger partial charge in [-0.25, -0.2) is 0 Å². The van der Waals surface area contributed by atoms with Crippen molar-refractivity contribution in [1.82, 2.24) is 0 Å². The zero-order valence-corrected chi connectivity index (χ0v) is 9.38. The fourth-order valence-electron chi connectivity index (χ4n) is 1.38. The Morgan fingerprint density at radius 2 is 1.93 bits per heavy atom. The van der Waals surface area contributed by atoms with Crippen molar-refractivity contribution in [1.29, 1.82) is 0 Å². The van der Waals surface area contributed by atoms with E-state index in [0.29, 0.717) is 0 Å². The van der Waals surface area contributed by atoms with Gasteiger partial charge in [0, 0.05) is 11.1 Å². The number of benzene rings is 1. The van der Waals surface area contributed by atoms with E-state index in [9.17, 15) is 0 Å². The van der Waals surface area contributed by atoms with E-state index in [1.54, 1.807) is 0 Å². The van der Waals surface area contributed by atoms with Gasteiger partial charge in [-0.3, -0.25) is 0 Å². The summed E-state index contributed by atoms with van der Waals surface area (Å²) < 4.78 is 0. The predicted octanol–water partition coefficient (Wildman–Crippen LogP) is 3.18. The largest absolute Gasteiger partial charge is 0.324 e. The van der Waals surface area contributed by atoms with Crippen LogP contribution in [0.5, 0.6) is 0 Å². The summed E-state index contributed by atoms with van der Waals surface area (Å²) in [5.74, 6) is 0. The Morgan fingerprint density at radius 1 is 1.36 bits per heavy atom. The predicted molar refractivity (Wildman–Crippen MR) is 62.6 cm³/mol. The summed E-state index contributed by atoms with van der Waals surface area (Å²) in [7, 11) is 0. The van der Waals surface area contributed by atoms with Gasteiger partial charge in [0.1, 0.15) is 0 Å². The number of rotatable bonds is 3. The quantitative estimate of drug-likeness (QED) is 0.761. The summed E-state index contributed by atoms with van der Waals surface area (Å²) in [5, 5.41) is 0.768. The van der Waals surface area contributed by atoms with Crippen LogP contribution < -0.4 is 5.73 Å². The van der Waals surface area contributed by atoms with Gasteiger partial charge in [0.2, 0.25) is 0 Å². The van der Waals surface area contributed by atoms with Crippen LogP contribution in [0.1, 0.15) is 19.4 Å². The molecule has 1 aromatic rings. The van der Waals surface area contributed by atoms with Gasteiger partial charge in [-0.2, -0.15) is 0 Å². The molecule has 1 nitrogen and oxygen atoms in total. The van der Waals surface area contributed by atoms with E-state index in [4.69, 9.17) is 17.3 Å². The second-order valence-electron chi connectivity index (χ2n) is 3.74. The van der Waals surface area contributed by atoms with E-state index in [1.165, 1.54) is 11.1 Å². The van der Waals surface area contributed by atoms with Gasteiger partial charge in [0.05, 0.1) is 0 Å². The molecule has 0 heterocycles. The molecule has 1 atom stereocenters. The van der Waals surface area contributed by atoms with Gasteiger partial charge < -0.3 is 5.73 Å². The Balaban J connectivity index is 2.61. The maximum absolute atomic E-state index is 5.94. The zero-order chi connectivity index (χ0) is 10.6. The minimum Gasteiger partial charge on any atom is -0.324 e. The fraction of sp³-hybridized carbons (Fsp3) is 0.333. The number of allylic oxidation sites excluding steroid dienone is 1. The molecule has 1 rings (SSSR count). The van der Waals surface area contributed by atoms with Gasteiger partial charge >= 0.3 is 0 Å². The molecule has 0 aromatic heterocycles. The van der Waals surface area contributed by atoms with Crippen LogP contribution in [0.15, 0.2) is 35.9 Å². The van der Waals surface area contributed by atoms with Crippen molar-refractivity contribution in [2.45, 2.75) is 26.3 Å². The highest BCUT2D eigenvalue weighted by Gasteiger charge is 2.00. The van der Waals surface area contributed by atoms with Crippen LogP contribution in [0, 0.1) is 0 Å². The van der Waals surface area contributed by atoms with E-state index in [-0.39, 0.29) is 6.04 Å². The van der Waals surface area contributed by atoms with Gasteiger partial charge in [-0.1, -0.05) is 35.4 Å². The van der Waals surface area contributed by atoms with Crippen molar-refractivity contribution in [3.8, 4) is 0 Å². The maximum atomic E-state index is 5.94. The van der Waals surface area contributed by atoms with Crippen molar-refractivity contribution in [2.24, 2.45) is 5.73 Å². The molecule has 1 aromatic carbocycles. The Morgan fingerprint density at radius 3 is 2.43 bits per heavy atom. The Bertz CT molecular complexity index is 310. The molecule has 0 fully saturated rings. The second-order valence-corrected chi connectivity index (χ2v) is 4.17. The lowest BCUT2D eigenvalue weighted by Gasteiger charge is -2.07. The Hall–Kier alpha value is -0.790. The van der Waals surface area contributed by atoms with E-state index in [1.807, 2.05) is 24.3 Å². The lowest BCUT2D eigenvalue weighted by atomic mass is 10.1. The maximum Gasteiger partial charge on any atom is 0.0406 e. The van der Waals surface area contributed by atoms with Crippen LogP contribution in [-0.2, 0) is 6.42 Å². The third-order valence-electron chi connectivity index (χ3n) is 1.93. The summed E-state index contributed by atoms with van der Waals surface area (Å²) in [6.45, 7) is 4.11. The van der Waals surface area contributed by atoms with Crippen molar-refractivity contribution < 1.29 is 0 Å². The van der Waals surface area contributed by atoms with Gasteiger partial charge in [-0.15, -0.1) is 0 Å². The van der Waals surface area contributed by atoms with Gasteiger partial charge in [0.15, 0.2) is 0 Å². The molecule has 0 saturated carbocycles. The lowest BCUT2D eigenvalue weighted by Crippen LogP contribution is -2.20. The molecule has 0 aliphatic carbocycles. The average molecular weight is 210 g/mol. The number of hydrogen-bond acceptors (Lipinski definition) is 1. The molecule has 0 amide bonds. The topological polar surface area (TPSA) is 26.0 Å². The van der Waals surface area contributed by atoms with Crippen LogP contribution in [-0.4, -0.2) is 6.04 Å². The first kappa shape index (κ1) is 11.3. The third-order valence-corrected chi connectivity index (χ3v) is 2.18. The molecule has 0 aliphatic heterocycles. The van der Waals surface area contributed by atoms with E-state index >= 15 is 0 Å². The van der Waals surface area contributed by atoms with Crippen molar-refractivity contribution in [3.05, 3.63) is 46.5 Å². The summed E-state index contributed by atoms with van der Waals surface area (Å²) in [4.78, 5) is 0. The zero-order valence-electron chi connectivity index (χ0n) is 8.63. The monoisotopic (exact) mass is 209 g/mol. The molecule has 1 unspecified atom stereocenters. The van der Waals surface area contributed by atoms with Gasteiger partial charge in [0.25, 0.3) is 0 Å². The van der Waals surface area contributed by atoms with Crippen LogP contribution in [0.25, 0.3) is 0 Å². The van der Waals surface area contributed by atoms with E-state index in [0.717, 1.165) is 11.4 Å². The number of hydrogen-bond donors (Lipinski definition) is 1. The first-order chi connectivity index (χ1) is 6.58. The summed E-state index contributed by atoms with van der Waals surface area (Å²) >= 11 is 5.79. The molecule has 2 N–H and O–H groups in total. The smallest absolute Gasteiger partial charge is 0.0406 e. The highest BCUT2D eigenvalue weighted by atomic mass is 35.5. The third kappa shape index (κ3) is 3.95. The highest BCUT2D eigenvalue weighted by molar-refractivity contribution is 6.30. The Kier molecular flexibility index (Phi) is 4.18. The average Bonchev–Trinajstić information content (AvgIpc) is 2.07. The second kappa shape index (κ2) is 5.18. The molecule has 76 valence electrons. The first-order valence-electron chi connectivity index (χ1n) is 4.73. The molecule has 0 saturated heterocycles. The molecule has 0 bridgehead atoms. The lowest BCUT2D eigenvalue weighted by molar-refractivity contribution is 0.803. The van der Waals surface area contributed by atoms with Crippen LogP contribution in [0.2, 0.25) is 5.02 Å². The summed E-state index contributed by atoms with van der Waals surface area (Å²) in [5.41, 5.74) is 8.41. The van der Waals surface area contributed by atoms with Crippen LogP contribution in [0.4, 0.5) is 0 Å². The molecule has 14 heavy (non-hydrogen) atoms. The summed E-state index contributed by atoms with van der Waals surface area (Å²) in [6.07, 6.45) is 2.94. The van der Waals surface area contributed by atoms with Crippen LogP contribution in [0.3, 0.4) is 0 Å². The standard InChI is InChI=1S/C12H16ClN/c1-9(2)7-12(14)8-10-3-5-11(13)6-4-10/h3-7,12H,8,14H2,1-2H3. The molecule has 0 aliphatic rings. The molecular weight excluding hydrogens is 194 g/mol. The summed E-state index contributed by atoms with van der Waals surface area (Å²) in [6, 6.07) is 7.92. The van der Waals surface area contributed by atoms with E-state index in [2.05, 4.69) is 19.9 Å². The normalized spacial score (nSPS) is 12.3. The van der Waals surface area contributed by atoms with E-state index < -0.39 is 0 Å². The van der Waals surface area contributed by atoms with Crippen LogP contribution >= 0.6 is 11.6 Å². The molecule has 0 radical (unpaired) electrons. The minimum atomic E-state index is 0.0983. The SMILES string of the molecule is CC(C)=CC(N)Cc1ccc(Cl)cc1.